The van der Waals surface area contributed by atoms with Gasteiger partial charge in [0.25, 0.3) is 0 Å². The van der Waals surface area contributed by atoms with Gasteiger partial charge in [0.15, 0.2) is 0 Å². The Labute approximate surface area is 105 Å². The highest BCUT2D eigenvalue weighted by Gasteiger charge is 2.41. The third kappa shape index (κ3) is 1.97. The van der Waals surface area contributed by atoms with Gasteiger partial charge >= 0.3 is 0 Å². The van der Waals surface area contributed by atoms with Crippen LogP contribution in [0.3, 0.4) is 0 Å². The van der Waals surface area contributed by atoms with Crippen molar-refractivity contribution in [2.45, 2.75) is 58.5 Å². The van der Waals surface area contributed by atoms with Gasteiger partial charge in [-0.25, -0.2) is 0 Å². The third-order valence-electron chi connectivity index (χ3n) is 5.86. The predicted octanol–water partition coefficient (Wildman–Crippen LogP) is 3.78. The first kappa shape index (κ1) is 11.8. The van der Waals surface area contributed by atoms with Crippen molar-refractivity contribution in [1.82, 2.24) is 0 Å². The van der Waals surface area contributed by atoms with Gasteiger partial charge in [0.1, 0.15) is 0 Å². The summed E-state index contributed by atoms with van der Waals surface area (Å²) in [5, 5.41) is 10.4. The lowest BCUT2D eigenvalue weighted by molar-refractivity contribution is 0.0524. The minimum absolute atomic E-state index is 0.0559. The van der Waals surface area contributed by atoms with Crippen molar-refractivity contribution in [2.24, 2.45) is 29.6 Å². The molecule has 2 fully saturated rings. The Morgan fingerprint density at radius 1 is 1.18 bits per heavy atom. The zero-order valence-electron chi connectivity index (χ0n) is 11.2. The van der Waals surface area contributed by atoms with Crippen LogP contribution in [-0.2, 0) is 0 Å². The average Bonchev–Trinajstić information content (AvgIpc) is 2.86. The number of allylic oxidation sites excluding steroid dienone is 2. The Morgan fingerprint density at radius 2 is 2.00 bits per heavy atom. The van der Waals surface area contributed by atoms with Gasteiger partial charge in [-0.1, -0.05) is 25.5 Å². The van der Waals surface area contributed by atoms with Gasteiger partial charge in [-0.3, -0.25) is 0 Å². The van der Waals surface area contributed by atoms with Crippen LogP contribution < -0.4 is 0 Å². The molecular formula is C16H26O. The van der Waals surface area contributed by atoms with Crippen molar-refractivity contribution in [3.05, 3.63) is 11.6 Å². The van der Waals surface area contributed by atoms with E-state index in [4.69, 9.17) is 0 Å². The van der Waals surface area contributed by atoms with Gasteiger partial charge < -0.3 is 5.11 Å². The molecule has 0 aromatic rings. The lowest BCUT2D eigenvalue weighted by Gasteiger charge is -2.34. The van der Waals surface area contributed by atoms with Crippen LogP contribution in [0.2, 0.25) is 0 Å². The number of hydrogen-bond donors (Lipinski definition) is 1. The number of aliphatic hydroxyl groups excluding tert-OH is 1. The molecule has 0 heterocycles. The van der Waals surface area contributed by atoms with E-state index in [1.165, 1.54) is 32.1 Å². The summed E-state index contributed by atoms with van der Waals surface area (Å²) in [4.78, 5) is 0. The Hall–Kier alpha value is -0.300. The molecule has 0 aromatic carbocycles. The van der Waals surface area contributed by atoms with E-state index in [0.717, 1.165) is 24.2 Å². The molecule has 3 aliphatic carbocycles. The highest BCUT2D eigenvalue weighted by molar-refractivity contribution is 5.17. The molecule has 0 amide bonds. The van der Waals surface area contributed by atoms with Gasteiger partial charge in [-0.2, -0.15) is 0 Å². The summed E-state index contributed by atoms with van der Waals surface area (Å²) in [5.74, 6) is 3.55. The van der Waals surface area contributed by atoms with Crippen molar-refractivity contribution < 1.29 is 5.11 Å². The Bertz CT molecular complexity index is 319. The Balaban J connectivity index is 1.93. The van der Waals surface area contributed by atoms with Crippen molar-refractivity contribution in [3.8, 4) is 0 Å². The molecule has 0 aromatic heterocycles. The maximum absolute atomic E-state index is 10.4. The summed E-state index contributed by atoms with van der Waals surface area (Å²) < 4.78 is 0. The van der Waals surface area contributed by atoms with Gasteiger partial charge in [0.2, 0.25) is 0 Å². The molecule has 0 spiro atoms. The topological polar surface area (TPSA) is 20.2 Å². The number of aliphatic hydroxyl groups is 1. The van der Waals surface area contributed by atoms with E-state index < -0.39 is 0 Å². The van der Waals surface area contributed by atoms with Crippen LogP contribution >= 0.6 is 0 Å². The molecular weight excluding hydrogens is 208 g/mol. The SMILES string of the molecule is C[C@H]1[C@@H]2CC[C@@H](C)[C@@H]2/C=C2/CCC[C@H]2C[C@H]1O. The van der Waals surface area contributed by atoms with Gasteiger partial charge in [0, 0.05) is 0 Å². The normalized spacial score (nSPS) is 53.2. The highest BCUT2D eigenvalue weighted by atomic mass is 16.3. The van der Waals surface area contributed by atoms with Gasteiger partial charge in [-0.05, 0) is 68.1 Å². The Morgan fingerprint density at radius 3 is 2.82 bits per heavy atom. The highest BCUT2D eigenvalue weighted by Crippen LogP contribution is 2.48. The molecule has 96 valence electrons. The van der Waals surface area contributed by atoms with E-state index >= 15 is 0 Å². The van der Waals surface area contributed by atoms with Crippen LogP contribution in [0.25, 0.3) is 0 Å². The number of fused-ring (bicyclic) bond motifs is 2. The van der Waals surface area contributed by atoms with Crippen molar-refractivity contribution in [1.29, 1.82) is 0 Å². The van der Waals surface area contributed by atoms with Gasteiger partial charge in [-0.15, -0.1) is 0 Å². The molecule has 3 aliphatic rings. The molecule has 0 radical (unpaired) electrons. The van der Waals surface area contributed by atoms with Crippen molar-refractivity contribution in [2.75, 3.05) is 0 Å². The monoisotopic (exact) mass is 234 g/mol. The molecule has 1 N–H and O–H groups in total. The van der Waals surface area contributed by atoms with Crippen molar-refractivity contribution in [3.63, 3.8) is 0 Å². The molecule has 3 rings (SSSR count). The summed E-state index contributed by atoms with van der Waals surface area (Å²) in [6.07, 6.45) is 10.3. The molecule has 0 unspecified atom stereocenters. The number of hydrogen-bond acceptors (Lipinski definition) is 1. The molecule has 0 aliphatic heterocycles. The fourth-order valence-electron chi connectivity index (χ4n) is 4.63. The fraction of sp³-hybridized carbons (Fsp3) is 0.875. The smallest absolute Gasteiger partial charge is 0.0574 e. The molecule has 1 nitrogen and oxygen atoms in total. The molecule has 0 saturated heterocycles. The second kappa shape index (κ2) is 4.42. The largest absolute Gasteiger partial charge is 0.393 e. The average molecular weight is 234 g/mol. The van der Waals surface area contributed by atoms with E-state index in [-0.39, 0.29) is 6.10 Å². The van der Waals surface area contributed by atoms with Crippen molar-refractivity contribution >= 4 is 0 Å². The zero-order valence-corrected chi connectivity index (χ0v) is 11.2. The summed E-state index contributed by atoms with van der Waals surface area (Å²) in [6, 6.07) is 0. The van der Waals surface area contributed by atoms with E-state index in [0.29, 0.717) is 11.8 Å². The third-order valence-corrected chi connectivity index (χ3v) is 5.86. The first-order valence-electron chi connectivity index (χ1n) is 7.55. The fourth-order valence-corrected chi connectivity index (χ4v) is 4.63. The van der Waals surface area contributed by atoms with Crippen LogP contribution in [0, 0.1) is 29.6 Å². The molecule has 17 heavy (non-hydrogen) atoms. The quantitative estimate of drug-likeness (QED) is 0.632. The second-order valence-corrected chi connectivity index (χ2v) is 6.79. The second-order valence-electron chi connectivity index (χ2n) is 6.79. The van der Waals surface area contributed by atoms with Crippen LogP contribution in [0.15, 0.2) is 11.6 Å². The maximum Gasteiger partial charge on any atom is 0.0574 e. The van der Waals surface area contributed by atoms with E-state index in [2.05, 4.69) is 19.9 Å². The Kier molecular flexibility index (Phi) is 3.06. The molecule has 1 heteroatoms. The maximum atomic E-state index is 10.4. The lowest BCUT2D eigenvalue weighted by atomic mass is 9.73. The first-order valence-corrected chi connectivity index (χ1v) is 7.55. The van der Waals surface area contributed by atoms with E-state index in [9.17, 15) is 5.11 Å². The predicted molar refractivity (Wildman–Crippen MR) is 70.6 cm³/mol. The minimum atomic E-state index is -0.0559. The minimum Gasteiger partial charge on any atom is -0.393 e. The number of rotatable bonds is 0. The van der Waals surface area contributed by atoms with Crippen LogP contribution in [0.4, 0.5) is 0 Å². The molecule has 2 saturated carbocycles. The van der Waals surface area contributed by atoms with E-state index in [1.54, 1.807) is 5.57 Å². The van der Waals surface area contributed by atoms with Crippen LogP contribution in [-0.4, -0.2) is 11.2 Å². The summed E-state index contributed by atoms with van der Waals surface area (Å²) in [6.45, 7) is 4.69. The van der Waals surface area contributed by atoms with E-state index in [1.807, 2.05) is 0 Å². The summed E-state index contributed by atoms with van der Waals surface area (Å²) >= 11 is 0. The lowest BCUT2D eigenvalue weighted by Crippen LogP contribution is -2.32. The molecule has 6 atom stereocenters. The van der Waals surface area contributed by atoms with Crippen LogP contribution in [0.5, 0.6) is 0 Å². The van der Waals surface area contributed by atoms with Gasteiger partial charge in [0.05, 0.1) is 6.10 Å². The summed E-state index contributed by atoms with van der Waals surface area (Å²) in [7, 11) is 0. The standard InChI is InChI=1S/C16H26O/c1-10-6-7-14-11(2)16(17)9-13-5-3-4-12(13)8-15(10)14/h8,10-11,13-17H,3-7,9H2,1-2H3/b12-8-/t10-,11+,13+,14+,15+,16-/m1/s1. The molecule has 0 bridgehead atoms. The summed E-state index contributed by atoms with van der Waals surface area (Å²) in [5.41, 5.74) is 1.69. The van der Waals surface area contributed by atoms with Crippen LogP contribution in [0.1, 0.15) is 52.4 Å². The zero-order chi connectivity index (χ0) is 12.0. The first-order chi connectivity index (χ1) is 8.16.